The fourth-order valence-corrected chi connectivity index (χ4v) is 4.34. The molecule has 4 rings (SSSR count). The Morgan fingerprint density at radius 3 is 2.72 bits per heavy atom. The van der Waals surface area contributed by atoms with E-state index in [1.54, 1.807) is 7.11 Å². The van der Waals surface area contributed by atoms with Gasteiger partial charge >= 0.3 is 0 Å². The Morgan fingerprint density at radius 2 is 1.94 bits per heavy atom. The summed E-state index contributed by atoms with van der Waals surface area (Å²) in [6.07, 6.45) is 7.45. The van der Waals surface area contributed by atoms with Gasteiger partial charge in [0.15, 0.2) is 5.96 Å². The third-order valence-electron chi connectivity index (χ3n) is 5.93. The summed E-state index contributed by atoms with van der Waals surface area (Å²) < 4.78 is 7.72. The molecule has 0 aliphatic carbocycles. The molecule has 1 aromatic carbocycles. The van der Waals surface area contributed by atoms with Crippen LogP contribution in [0.25, 0.3) is 5.65 Å². The second kappa shape index (κ2) is 11.0. The fourth-order valence-electron chi connectivity index (χ4n) is 4.34. The van der Waals surface area contributed by atoms with E-state index in [1.807, 2.05) is 36.5 Å². The number of aliphatic imine (C=N–C) groups is 1. The van der Waals surface area contributed by atoms with Crippen molar-refractivity contribution in [1.29, 1.82) is 0 Å². The number of para-hydroxylation sites is 1. The SMILES string of the molecule is CCNC(=NCC(c1ccccc1OC)N1CCCC1)NCCc1cn2ccccc2n1. The largest absolute Gasteiger partial charge is 0.496 e. The zero-order chi connectivity index (χ0) is 22.2. The molecule has 0 saturated carbocycles. The molecule has 0 bridgehead atoms. The molecule has 1 fully saturated rings. The number of aromatic nitrogens is 2. The number of nitrogens with one attached hydrogen (secondary N) is 2. The molecule has 3 heterocycles. The van der Waals surface area contributed by atoms with Crippen molar-refractivity contribution in [2.75, 3.05) is 39.8 Å². The van der Waals surface area contributed by atoms with Crippen molar-refractivity contribution in [2.45, 2.75) is 32.2 Å². The average Bonchev–Trinajstić information content (AvgIpc) is 3.49. The summed E-state index contributed by atoms with van der Waals surface area (Å²) in [5.74, 6) is 1.78. The van der Waals surface area contributed by atoms with Crippen molar-refractivity contribution < 1.29 is 4.74 Å². The van der Waals surface area contributed by atoms with E-state index in [-0.39, 0.29) is 6.04 Å². The highest BCUT2D eigenvalue weighted by Crippen LogP contribution is 2.31. The average molecular weight is 435 g/mol. The molecule has 1 aliphatic heterocycles. The molecule has 32 heavy (non-hydrogen) atoms. The zero-order valence-corrected chi connectivity index (χ0v) is 19.1. The first kappa shape index (κ1) is 22.1. The molecule has 1 aliphatic rings. The van der Waals surface area contributed by atoms with E-state index in [2.05, 4.69) is 50.2 Å². The molecule has 1 saturated heterocycles. The van der Waals surface area contributed by atoms with E-state index < -0.39 is 0 Å². The maximum absolute atomic E-state index is 5.66. The number of fused-ring (bicyclic) bond motifs is 1. The van der Waals surface area contributed by atoms with Crippen molar-refractivity contribution in [2.24, 2.45) is 4.99 Å². The van der Waals surface area contributed by atoms with Gasteiger partial charge in [-0.25, -0.2) is 4.98 Å². The highest BCUT2D eigenvalue weighted by molar-refractivity contribution is 5.79. The first-order chi connectivity index (χ1) is 15.8. The zero-order valence-electron chi connectivity index (χ0n) is 19.1. The van der Waals surface area contributed by atoms with E-state index in [0.29, 0.717) is 6.54 Å². The monoisotopic (exact) mass is 434 g/mol. The van der Waals surface area contributed by atoms with Crippen molar-refractivity contribution >= 4 is 11.6 Å². The summed E-state index contributed by atoms with van der Waals surface area (Å²) in [6.45, 7) is 6.59. The Balaban J connectivity index is 1.43. The van der Waals surface area contributed by atoms with Gasteiger partial charge in [-0.05, 0) is 51.1 Å². The van der Waals surface area contributed by atoms with Crippen LogP contribution in [-0.4, -0.2) is 60.1 Å². The normalized spacial score (nSPS) is 15.8. The molecule has 0 radical (unpaired) electrons. The number of benzene rings is 1. The predicted octanol–water partition coefficient (Wildman–Crippen LogP) is 3.28. The van der Waals surface area contributed by atoms with E-state index in [9.17, 15) is 0 Å². The number of nitrogens with zero attached hydrogens (tertiary/aromatic N) is 4. The minimum absolute atomic E-state index is 0.211. The van der Waals surface area contributed by atoms with Gasteiger partial charge < -0.3 is 19.8 Å². The first-order valence-corrected chi connectivity index (χ1v) is 11.6. The molecule has 1 atom stereocenters. The number of likely N-dealkylation sites (tertiary alicyclic amines) is 1. The van der Waals surface area contributed by atoms with Gasteiger partial charge in [-0.15, -0.1) is 0 Å². The van der Waals surface area contributed by atoms with Gasteiger partial charge in [-0.3, -0.25) is 9.89 Å². The summed E-state index contributed by atoms with van der Waals surface area (Å²) in [5, 5.41) is 6.86. The molecule has 2 N–H and O–H groups in total. The van der Waals surface area contributed by atoms with E-state index >= 15 is 0 Å². The lowest BCUT2D eigenvalue weighted by Gasteiger charge is -2.28. The maximum atomic E-state index is 5.66. The lowest BCUT2D eigenvalue weighted by atomic mass is 10.0. The standard InChI is InChI=1S/C25H34N6O/c1-3-26-25(27-14-13-20-19-31-17-7-6-12-24(31)29-20)28-18-22(30-15-8-9-16-30)21-10-4-5-11-23(21)32-2/h4-7,10-12,17,19,22H,3,8-9,13-16,18H2,1-2H3,(H2,26,27,28). The molecule has 1 unspecified atom stereocenters. The molecular formula is C25H34N6O. The van der Waals surface area contributed by atoms with Crippen LogP contribution < -0.4 is 15.4 Å². The molecule has 0 amide bonds. The van der Waals surface area contributed by atoms with Gasteiger partial charge in [0.05, 0.1) is 25.4 Å². The summed E-state index contributed by atoms with van der Waals surface area (Å²) >= 11 is 0. The van der Waals surface area contributed by atoms with Crippen LogP contribution in [0.5, 0.6) is 5.75 Å². The van der Waals surface area contributed by atoms with Crippen LogP contribution in [0.2, 0.25) is 0 Å². The smallest absolute Gasteiger partial charge is 0.191 e. The maximum Gasteiger partial charge on any atom is 0.191 e. The van der Waals surface area contributed by atoms with E-state index in [0.717, 1.165) is 55.7 Å². The molecule has 7 nitrogen and oxygen atoms in total. The number of hydrogen-bond donors (Lipinski definition) is 2. The summed E-state index contributed by atoms with van der Waals surface area (Å²) in [4.78, 5) is 12.2. The predicted molar refractivity (Wildman–Crippen MR) is 129 cm³/mol. The summed E-state index contributed by atoms with van der Waals surface area (Å²) in [7, 11) is 1.74. The molecule has 7 heteroatoms. The van der Waals surface area contributed by atoms with Gasteiger partial charge in [0.2, 0.25) is 0 Å². The number of hydrogen-bond acceptors (Lipinski definition) is 4. The quantitative estimate of drug-likeness (QED) is 0.400. The number of rotatable bonds is 9. The Kier molecular flexibility index (Phi) is 7.61. The Bertz CT molecular complexity index is 991. The van der Waals surface area contributed by atoms with Gasteiger partial charge in [0.25, 0.3) is 0 Å². The van der Waals surface area contributed by atoms with Crippen LogP contribution in [0.3, 0.4) is 0 Å². The lowest BCUT2D eigenvalue weighted by Crippen LogP contribution is -2.39. The number of imidazole rings is 1. The molecular weight excluding hydrogens is 400 g/mol. The molecule has 3 aromatic rings. The van der Waals surface area contributed by atoms with Crippen LogP contribution in [0.4, 0.5) is 0 Å². The number of methoxy groups -OCH3 is 1. The Hall–Kier alpha value is -3.06. The van der Waals surface area contributed by atoms with Crippen LogP contribution in [0, 0.1) is 0 Å². The van der Waals surface area contributed by atoms with E-state index in [4.69, 9.17) is 9.73 Å². The van der Waals surface area contributed by atoms with Crippen LogP contribution in [0.1, 0.15) is 37.1 Å². The lowest BCUT2D eigenvalue weighted by molar-refractivity contribution is 0.245. The topological polar surface area (TPSA) is 66.2 Å². The summed E-state index contributed by atoms with van der Waals surface area (Å²) in [6, 6.07) is 14.6. The second-order valence-electron chi connectivity index (χ2n) is 8.10. The molecule has 0 spiro atoms. The Labute approximate surface area is 190 Å². The number of guanidine groups is 1. The second-order valence-corrected chi connectivity index (χ2v) is 8.10. The van der Waals surface area contributed by atoms with Crippen LogP contribution in [0.15, 0.2) is 59.9 Å². The van der Waals surface area contributed by atoms with Crippen molar-refractivity contribution in [3.05, 3.63) is 66.1 Å². The molecule has 170 valence electrons. The van der Waals surface area contributed by atoms with Crippen molar-refractivity contribution in [3.8, 4) is 5.75 Å². The highest BCUT2D eigenvalue weighted by Gasteiger charge is 2.25. The van der Waals surface area contributed by atoms with Crippen LogP contribution in [-0.2, 0) is 6.42 Å². The fraction of sp³-hybridized carbons (Fsp3) is 0.440. The number of pyridine rings is 1. The minimum atomic E-state index is 0.211. The molecule has 2 aromatic heterocycles. The Morgan fingerprint density at radius 1 is 1.12 bits per heavy atom. The van der Waals surface area contributed by atoms with E-state index in [1.165, 1.54) is 18.4 Å². The van der Waals surface area contributed by atoms with Crippen molar-refractivity contribution in [3.63, 3.8) is 0 Å². The third kappa shape index (κ3) is 5.40. The third-order valence-corrected chi connectivity index (χ3v) is 5.93. The summed E-state index contributed by atoms with van der Waals surface area (Å²) in [5.41, 5.74) is 3.26. The van der Waals surface area contributed by atoms with Gasteiger partial charge in [0, 0.05) is 37.5 Å². The van der Waals surface area contributed by atoms with Crippen molar-refractivity contribution in [1.82, 2.24) is 24.9 Å². The first-order valence-electron chi connectivity index (χ1n) is 11.6. The van der Waals surface area contributed by atoms with Gasteiger partial charge in [-0.2, -0.15) is 0 Å². The highest BCUT2D eigenvalue weighted by atomic mass is 16.5. The minimum Gasteiger partial charge on any atom is -0.496 e. The van der Waals surface area contributed by atoms with Crippen LogP contribution >= 0.6 is 0 Å². The van der Waals surface area contributed by atoms with Gasteiger partial charge in [0.1, 0.15) is 11.4 Å². The number of ether oxygens (including phenoxy) is 1. The van der Waals surface area contributed by atoms with Gasteiger partial charge in [-0.1, -0.05) is 24.3 Å².